The Morgan fingerprint density at radius 3 is 2.30 bits per heavy atom. The van der Waals surface area contributed by atoms with E-state index >= 15 is 0 Å². The molecule has 0 radical (unpaired) electrons. The number of hydrogen-bond acceptors (Lipinski definition) is 5. The zero-order valence-electron chi connectivity index (χ0n) is 15.9. The molecule has 4 rings (SSSR count). The van der Waals surface area contributed by atoms with E-state index in [1.165, 1.54) is 0 Å². The van der Waals surface area contributed by atoms with Crippen LogP contribution in [0.5, 0.6) is 17.2 Å². The average Bonchev–Trinajstić information content (AvgIpc) is 2.78. The van der Waals surface area contributed by atoms with E-state index < -0.39 is 0 Å². The molecule has 1 N–H and O–H groups in total. The summed E-state index contributed by atoms with van der Waals surface area (Å²) in [5.74, 6) is 0.961. The second-order valence-corrected chi connectivity index (χ2v) is 7.66. The first-order valence-electron chi connectivity index (χ1n) is 9.32. The van der Waals surface area contributed by atoms with Gasteiger partial charge in [-0.3, -0.25) is 9.59 Å². The van der Waals surface area contributed by atoms with Gasteiger partial charge in [0.2, 0.25) is 0 Å². The Morgan fingerprint density at radius 2 is 1.57 bits per heavy atom. The average molecular weight is 515 g/mol. The number of anilines is 1. The molecule has 0 unspecified atom stereocenters. The maximum atomic E-state index is 13.3. The fourth-order valence-corrected chi connectivity index (χ4v) is 3.65. The number of carbonyl (C=O) groups excluding carboxylic acids is 2. The van der Waals surface area contributed by atoms with Crippen LogP contribution in [-0.4, -0.2) is 31.5 Å². The molecule has 152 valence electrons. The van der Waals surface area contributed by atoms with Gasteiger partial charge < -0.3 is 19.5 Å². The van der Waals surface area contributed by atoms with Crippen molar-refractivity contribution in [1.82, 2.24) is 0 Å². The van der Waals surface area contributed by atoms with E-state index in [-0.39, 0.29) is 18.3 Å². The molecular weight excluding hydrogens is 497 g/mol. The smallest absolute Gasteiger partial charge is 0.262 e. The van der Waals surface area contributed by atoms with Crippen LogP contribution in [0.3, 0.4) is 0 Å². The lowest BCUT2D eigenvalue weighted by Crippen LogP contribution is -2.23. The van der Waals surface area contributed by atoms with Crippen molar-refractivity contribution >= 4 is 40.0 Å². The number of rotatable bonds is 6. The monoisotopic (exact) mass is 515 g/mol. The molecule has 3 aromatic rings. The van der Waals surface area contributed by atoms with E-state index in [1.54, 1.807) is 36.4 Å². The van der Waals surface area contributed by atoms with Crippen molar-refractivity contribution in [3.63, 3.8) is 0 Å². The van der Waals surface area contributed by atoms with E-state index in [1.807, 2.05) is 30.3 Å². The zero-order valence-corrected chi connectivity index (χ0v) is 18.0. The van der Waals surface area contributed by atoms with Crippen molar-refractivity contribution in [2.45, 2.75) is 0 Å². The number of hydrogen-bond donors (Lipinski definition) is 1. The highest BCUT2D eigenvalue weighted by molar-refractivity contribution is 14.1. The first-order chi connectivity index (χ1) is 14.6. The second-order valence-electron chi connectivity index (χ2n) is 6.50. The predicted molar refractivity (Wildman–Crippen MR) is 121 cm³/mol. The molecule has 0 fully saturated rings. The van der Waals surface area contributed by atoms with Crippen LogP contribution < -0.4 is 19.5 Å². The van der Waals surface area contributed by atoms with E-state index in [0.29, 0.717) is 47.3 Å². The van der Waals surface area contributed by atoms with Crippen LogP contribution in [0.2, 0.25) is 0 Å². The highest BCUT2D eigenvalue weighted by Gasteiger charge is 2.23. The summed E-state index contributed by atoms with van der Waals surface area (Å²) >= 11 is 2.12. The number of halogens is 1. The van der Waals surface area contributed by atoms with Crippen LogP contribution in [-0.2, 0) is 4.79 Å². The van der Waals surface area contributed by atoms with Gasteiger partial charge in [0.1, 0.15) is 19.0 Å². The van der Waals surface area contributed by atoms with Gasteiger partial charge in [-0.15, -0.1) is 0 Å². The molecule has 6 nitrogen and oxygen atoms in total. The fraction of sp³-hybridized carbons (Fsp3) is 0.130. The van der Waals surface area contributed by atoms with Crippen molar-refractivity contribution in [3.05, 3.63) is 81.4 Å². The quantitative estimate of drug-likeness (QED) is 0.392. The van der Waals surface area contributed by atoms with Crippen molar-refractivity contribution in [3.8, 4) is 17.2 Å². The lowest BCUT2D eigenvalue weighted by molar-refractivity contribution is -0.118. The normalized spacial score (nSPS) is 12.2. The summed E-state index contributed by atoms with van der Waals surface area (Å²) in [6.07, 6.45) is 0. The van der Waals surface area contributed by atoms with E-state index in [0.717, 1.165) is 3.57 Å². The molecule has 1 heterocycles. The van der Waals surface area contributed by atoms with E-state index in [9.17, 15) is 9.59 Å². The molecule has 30 heavy (non-hydrogen) atoms. The summed E-state index contributed by atoms with van der Waals surface area (Å²) in [6.45, 7) is 0.621. The van der Waals surface area contributed by atoms with Crippen molar-refractivity contribution < 1.29 is 23.8 Å². The Balaban J connectivity index is 1.61. The summed E-state index contributed by atoms with van der Waals surface area (Å²) in [6, 6.07) is 19.6. The second kappa shape index (κ2) is 9.17. The molecule has 1 aliphatic heterocycles. The number of fused-ring (bicyclic) bond motifs is 1. The first-order valence-corrected chi connectivity index (χ1v) is 10.4. The molecule has 0 saturated heterocycles. The number of ketones is 1. The molecule has 0 aromatic heterocycles. The van der Waals surface area contributed by atoms with Gasteiger partial charge in [-0.2, -0.15) is 0 Å². The van der Waals surface area contributed by atoms with Crippen LogP contribution in [0, 0.1) is 3.57 Å². The molecule has 7 heteroatoms. The Labute approximate surface area is 187 Å². The van der Waals surface area contributed by atoms with Crippen molar-refractivity contribution in [1.29, 1.82) is 0 Å². The molecule has 0 bridgehead atoms. The van der Waals surface area contributed by atoms with Gasteiger partial charge >= 0.3 is 0 Å². The van der Waals surface area contributed by atoms with E-state index in [4.69, 9.17) is 14.2 Å². The number of nitrogens with one attached hydrogen (secondary N) is 1. The molecule has 1 aliphatic rings. The zero-order chi connectivity index (χ0) is 20.9. The maximum absolute atomic E-state index is 13.3. The lowest BCUT2D eigenvalue weighted by Gasteiger charge is -2.21. The summed E-state index contributed by atoms with van der Waals surface area (Å²) < 4.78 is 17.6. The lowest BCUT2D eigenvalue weighted by atomic mass is 10.0. The van der Waals surface area contributed by atoms with Gasteiger partial charge in [0, 0.05) is 15.2 Å². The minimum absolute atomic E-state index is 0.186. The molecule has 0 spiro atoms. The van der Waals surface area contributed by atoms with Crippen LogP contribution >= 0.6 is 22.6 Å². The van der Waals surface area contributed by atoms with Gasteiger partial charge in [-0.05, 0) is 52.9 Å². The Bertz CT molecular complexity index is 1080. The minimum atomic E-state index is -0.382. The highest BCUT2D eigenvalue weighted by Crippen LogP contribution is 2.37. The third-order valence-corrected chi connectivity index (χ3v) is 5.37. The van der Waals surface area contributed by atoms with Crippen LogP contribution in [0.1, 0.15) is 15.9 Å². The van der Waals surface area contributed by atoms with Gasteiger partial charge in [-0.1, -0.05) is 30.3 Å². The fourth-order valence-electron chi connectivity index (χ4n) is 3.02. The predicted octanol–water partition coefficient (Wildman–Crippen LogP) is 4.31. The Morgan fingerprint density at radius 1 is 0.900 bits per heavy atom. The summed E-state index contributed by atoms with van der Waals surface area (Å²) in [4.78, 5) is 25.8. The van der Waals surface area contributed by atoms with Crippen LogP contribution in [0.25, 0.3) is 0 Å². The standard InChI is InChI=1S/C23H18INO5/c24-18-9-5-4-8-16(18)23(27)17-12-20-21(29-11-10-28-20)13-19(17)25-22(26)14-30-15-6-2-1-3-7-15/h1-9,12-13H,10-11,14H2,(H,25,26). The van der Waals surface area contributed by atoms with E-state index in [2.05, 4.69) is 27.9 Å². The van der Waals surface area contributed by atoms with Gasteiger partial charge in [0.15, 0.2) is 23.9 Å². The number of carbonyl (C=O) groups is 2. The molecule has 0 atom stereocenters. The number of benzene rings is 3. The number of ether oxygens (including phenoxy) is 3. The van der Waals surface area contributed by atoms with Gasteiger partial charge in [0.05, 0.1) is 11.3 Å². The Hall–Kier alpha value is -3.07. The minimum Gasteiger partial charge on any atom is -0.486 e. The Kier molecular flexibility index (Phi) is 6.18. The maximum Gasteiger partial charge on any atom is 0.262 e. The first kappa shape index (κ1) is 20.2. The number of amides is 1. The topological polar surface area (TPSA) is 73.9 Å². The summed E-state index contributed by atoms with van der Waals surface area (Å²) in [5, 5.41) is 2.78. The third-order valence-electron chi connectivity index (χ3n) is 4.43. The molecule has 3 aromatic carbocycles. The summed E-state index contributed by atoms with van der Waals surface area (Å²) in [5.41, 5.74) is 1.23. The molecular formula is C23H18INO5. The molecule has 0 saturated carbocycles. The molecule has 0 aliphatic carbocycles. The molecule has 1 amide bonds. The van der Waals surface area contributed by atoms with Crippen LogP contribution in [0.4, 0.5) is 5.69 Å². The SMILES string of the molecule is O=C(COc1ccccc1)Nc1cc2c(cc1C(=O)c1ccccc1I)OCCO2. The van der Waals surface area contributed by atoms with Crippen LogP contribution in [0.15, 0.2) is 66.7 Å². The van der Waals surface area contributed by atoms with Crippen molar-refractivity contribution in [2.75, 3.05) is 25.1 Å². The highest BCUT2D eigenvalue weighted by atomic mass is 127. The third kappa shape index (κ3) is 4.56. The summed E-state index contributed by atoms with van der Waals surface area (Å²) in [7, 11) is 0. The van der Waals surface area contributed by atoms with Gasteiger partial charge in [0.25, 0.3) is 5.91 Å². The van der Waals surface area contributed by atoms with Gasteiger partial charge in [-0.25, -0.2) is 0 Å². The van der Waals surface area contributed by atoms with Crippen molar-refractivity contribution in [2.24, 2.45) is 0 Å². The largest absolute Gasteiger partial charge is 0.486 e. The number of para-hydroxylation sites is 1.